The molecule has 6 nitrogen and oxygen atoms in total. The number of aromatic amines is 1. The van der Waals surface area contributed by atoms with Gasteiger partial charge in [0.15, 0.2) is 0 Å². The number of ether oxygens (including phenoxy) is 1. The first kappa shape index (κ1) is 18.2. The maximum absolute atomic E-state index is 12.9. The summed E-state index contributed by atoms with van der Waals surface area (Å²) in [6, 6.07) is 7.97. The van der Waals surface area contributed by atoms with E-state index in [-0.39, 0.29) is 22.8 Å². The fourth-order valence-electron chi connectivity index (χ4n) is 4.08. The molecule has 144 valence electrons. The molecule has 1 aliphatic carbocycles. The molecule has 2 N–H and O–H groups in total. The van der Waals surface area contributed by atoms with E-state index < -0.39 is 0 Å². The Hall–Kier alpha value is -2.15. The van der Waals surface area contributed by atoms with Crippen LogP contribution < -0.4 is 15.6 Å². The van der Waals surface area contributed by atoms with Crippen LogP contribution in [0.4, 0.5) is 5.82 Å². The second kappa shape index (κ2) is 7.84. The standard InChI is InChI=1S/C20H25N3O3S/c1-26-15-10-8-13(9-11-15)18-17-19(21-16(24)12-27-18)23(22-20(17)25)14-6-4-2-3-5-7-14/h8-11,14,18H,2-7,12H2,1H3,(H,21,24)(H,22,25)/t18-/m1/s1. The van der Waals surface area contributed by atoms with Gasteiger partial charge in [-0.3, -0.25) is 19.4 Å². The molecule has 1 fully saturated rings. The molecule has 4 rings (SSSR count). The summed E-state index contributed by atoms with van der Waals surface area (Å²) in [5, 5.41) is 5.85. The van der Waals surface area contributed by atoms with Crippen LogP contribution in [0.15, 0.2) is 29.1 Å². The van der Waals surface area contributed by atoms with E-state index in [4.69, 9.17) is 4.74 Å². The number of H-pyrrole nitrogens is 1. The molecule has 0 spiro atoms. The number of nitrogens with one attached hydrogen (secondary N) is 2. The summed E-state index contributed by atoms with van der Waals surface area (Å²) < 4.78 is 7.18. The van der Waals surface area contributed by atoms with Crippen LogP contribution in [0.5, 0.6) is 5.75 Å². The first-order valence-electron chi connectivity index (χ1n) is 9.57. The molecule has 0 radical (unpaired) electrons. The molecule has 27 heavy (non-hydrogen) atoms. The Labute approximate surface area is 162 Å². The van der Waals surface area contributed by atoms with Crippen LogP contribution in [0, 0.1) is 0 Å². The Balaban J connectivity index is 1.77. The van der Waals surface area contributed by atoms with Gasteiger partial charge in [-0.05, 0) is 30.5 Å². The summed E-state index contributed by atoms with van der Waals surface area (Å²) in [5.41, 5.74) is 1.55. The number of nitrogens with zero attached hydrogens (tertiary/aromatic N) is 1. The fraction of sp³-hybridized carbons (Fsp3) is 0.500. The molecule has 1 aromatic heterocycles. The average molecular weight is 388 g/mol. The maximum Gasteiger partial charge on any atom is 0.270 e. The van der Waals surface area contributed by atoms with E-state index in [0.29, 0.717) is 17.1 Å². The van der Waals surface area contributed by atoms with E-state index in [1.54, 1.807) is 7.11 Å². The fourth-order valence-corrected chi connectivity index (χ4v) is 5.20. The van der Waals surface area contributed by atoms with E-state index in [1.165, 1.54) is 24.6 Å². The van der Waals surface area contributed by atoms with Gasteiger partial charge in [0.05, 0.1) is 29.7 Å². The van der Waals surface area contributed by atoms with Gasteiger partial charge in [-0.15, -0.1) is 11.8 Å². The number of aromatic nitrogens is 2. The number of amides is 1. The number of benzene rings is 1. The number of hydrogen-bond donors (Lipinski definition) is 2. The van der Waals surface area contributed by atoms with E-state index in [2.05, 4.69) is 10.4 Å². The van der Waals surface area contributed by atoms with Gasteiger partial charge in [-0.1, -0.05) is 37.8 Å². The lowest BCUT2D eigenvalue weighted by Crippen LogP contribution is -2.19. The van der Waals surface area contributed by atoms with E-state index in [1.807, 2.05) is 28.9 Å². The van der Waals surface area contributed by atoms with Crippen LogP contribution in [0.1, 0.15) is 60.9 Å². The number of thioether (sulfide) groups is 1. The molecule has 1 atom stereocenters. The van der Waals surface area contributed by atoms with Crippen LogP contribution in [0.2, 0.25) is 0 Å². The summed E-state index contributed by atoms with van der Waals surface area (Å²) in [4.78, 5) is 25.3. The number of carbonyl (C=O) groups is 1. The normalized spacial score (nSPS) is 21.1. The molecule has 1 saturated carbocycles. The highest BCUT2D eigenvalue weighted by Crippen LogP contribution is 2.41. The number of fused-ring (bicyclic) bond motifs is 1. The summed E-state index contributed by atoms with van der Waals surface area (Å²) in [6.45, 7) is 0. The lowest BCUT2D eigenvalue weighted by molar-refractivity contribution is -0.113. The van der Waals surface area contributed by atoms with Crippen molar-refractivity contribution >= 4 is 23.5 Å². The van der Waals surface area contributed by atoms with Gasteiger partial charge < -0.3 is 10.1 Å². The van der Waals surface area contributed by atoms with Crippen molar-refractivity contribution < 1.29 is 9.53 Å². The molecule has 1 amide bonds. The van der Waals surface area contributed by atoms with Crippen molar-refractivity contribution in [3.8, 4) is 5.75 Å². The molecule has 0 unspecified atom stereocenters. The highest BCUT2D eigenvalue weighted by molar-refractivity contribution is 8.00. The molecular formula is C20H25N3O3S. The van der Waals surface area contributed by atoms with Gasteiger partial charge in [0, 0.05) is 0 Å². The first-order chi connectivity index (χ1) is 13.2. The van der Waals surface area contributed by atoms with Crippen LogP contribution in [-0.2, 0) is 4.79 Å². The Kier molecular flexibility index (Phi) is 5.29. The molecule has 1 aromatic carbocycles. The van der Waals surface area contributed by atoms with E-state index in [0.717, 1.165) is 37.0 Å². The van der Waals surface area contributed by atoms with Crippen molar-refractivity contribution in [2.75, 3.05) is 18.2 Å². The minimum Gasteiger partial charge on any atom is -0.497 e. The van der Waals surface area contributed by atoms with Crippen LogP contribution in [0.25, 0.3) is 0 Å². The van der Waals surface area contributed by atoms with Crippen molar-refractivity contribution in [3.63, 3.8) is 0 Å². The molecule has 0 bridgehead atoms. The second-order valence-corrected chi connectivity index (χ2v) is 8.32. The monoisotopic (exact) mass is 387 g/mol. The Bertz CT molecular complexity index is 864. The number of carbonyl (C=O) groups excluding carboxylic acids is 1. The van der Waals surface area contributed by atoms with Crippen molar-refractivity contribution in [2.45, 2.75) is 49.8 Å². The van der Waals surface area contributed by atoms with Gasteiger partial charge in [0.1, 0.15) is 11.6 Å². The SMILES string of the molecule is COc1ccc([C@H]2SCC(=O)Nc3c2c(=O)[nH]n3C2CCCCCC2)cc1. The molecule has 1 aliphatic heterocycles. The predicted octanol–water partition coefficient (Wildman–Crippen LogP) is 3.86. The minimum atomic E-state index is -0.180. The molecular weight excluding hydrogens is 362 g/mol. The van der Waals surface area contributed by atoms with Crippen molar-refractivity contribution in [1.82, 2.24) is 9.78 Å². The van der Waals surface area contributed by atoms with Gasteiger partial charge in [-0.2, -0.15) is 0 Å². The molecule has 7 heteroatoms. The largest absolute Gasteiger partial charge is 0.497 e. The third-order valence-electron chi connectivity index (χ3n) is 5.47. The number of rotatable bonds is 3. The zero-order valence-electron chi connectivity index (χ0n) is 15.5. The number of hydrogen-bond acceptors (Lipinski definition) is 4. The highest BCUT2D eigenvalue weighted by Gasteiger charge is 2.32. The number of methoxy groups -OCH3 is 1. The molecule has 0 saturated heterocycles. The van der Waals surface area contributed by atoms with Gasteiger partial charge >= 0.3 is 0 Å². The maximum atomic E-state index is 12.9. The van der Waals surface area contributed by atoms with E-state index in [9.17, 15) is 9.59 Å². The number of anilines is 1. The predicted molar refractivity (Wildman–Crippen MR) is 108 cm³/mol. The zero-order chi connectivity index (χ0) is 18.8. The highest BCUT2D eigenvalue weighted by atomic mass is 32.2. The summed E-state index contributed by atoms with van der Waals surface area (Å²) in [5.74, 6) is 1.70. The van der Waals surface area contributed by atoms with Crippen molar-refractivity contribution in [3.05, 3.63) is 45.7 Å². The quantitative estimate of drug-likeness (QED) is 0.784. The molecule has 2 aromatic rings. The van der Waals surface area contributed by atoms with Crippen LogP contribution in [-0.4, -0.2) is 28.6 Å². The lowest BCUT2D eigenvalue weighted by atomic mass is 10.1. The third kappa shape index (κ3) is 3.65. The minimum absolute atomic E-state index is 0.0568. The van der Waals surface area contributed by atoms with E-state index >= 15 is 0 Å². The zero-order valence-corrected chi connectivity index (χ0v) is 16.3. The summed E-state index contributed by atoms with van der Waals surface area (Å²) >= 11 is 1.49. The molecule has 2 aliphatic rings. The van der Waals surface area contributed by atoms with Crippen molar-refractivity contribution in [2.24, 2.45) is 0 Å². The Morgan fingerprint density at radius 1 is 1.07 bits per heavy atom. The Morgan fingerprint density at radius 2 is 1.78 bits per heavy atom. The van der Waals surface area contributed by atoms with Crippen LogP contribution >= 0.6 is 11.8 Å². The lowest BCUT2D eigenvalue weighted by Gasteiger charge is -2.19. The smallest absolute Gasteiger partial charge is 0.270 e. The topological polar surface area (TPSA) is 76.1 Å². The van der Waals surface area contributed by atoms with Gasteiger partial charge in [0.2, 0.25) is 5.91 Å². The Morgan fingerprint density at radius 3 is 2.44 bits per heavy atom. The second-order valence-electron chi connectivity index (χ2n) is 7.23. The van der Waals surface area contributed by atoms with Gasteiger partial charge in [-0.25, -0.2) is 0 Å². The molecule has 2 heterocycles. The average Bonchev–Trinajstić information content (AvgIpc) is 2.90. The van der Waals surface area contributed by atoms with Gasteiger partial charge in [0.25, 0.3) is 5.56 Å². The summed E-state index contributed by atoms with van der Waals surface area (Å²) in [6.07, 6.45) is 6.86. The third-order valence-corrected chi connectivity index (χ3v) is 6.74. The first-order valence-corrected chi connectivity index (χ1v) is 10.6. The van der Waals surface area contributed by atoms with Crippen LogP contribution in [0.3, 0.4) is 0 Å². The van der Waals surface area contributed by atoms with Crippen molar-refractivity contribution in [1.29, 1.82) is 0 Å². The summed E-state index contributed by atoms with van der Waals surface area (Å²) in [7, 11) is 1.63.